The number of para-hydroxylation sites is 1. The first kappa shape index (κ1) is 30.9. The van der Waals surface area contributed by atoms with Crippen LogP contribution >= 0.6 is 0 Å². The molecule has 0 radical (unpaired) electrons. The van der Waals surface area contributed by atoms with Crippen molar-refractivity contribution in [1.82, 2.24) is 15.0 Å². The molecule has 0 saturated heterocycles. The second-order valence-corrected chi connectivity index (χ2v) is 19.1. The number of hydrogen-bond donors (Lipinski definition) is 0. The molecule has 4 nitrogen and oxygen atoms in total. The molecule has 2 aromatic heterocycles. The highest BCUT2D eigenvalue weighted by molar-refractivity contribution is 7.04. The minimum atomic E-state index is -2.09. The van der Waals surface area contributed by atoms with E-state index >= 15 is 0 Å². The Hall–Kier alpha value is -6.69. The van der Waals surface area contributed by atoms with Crippen molar-refractivity contribution in [3.05, 3.63) is 164 Å². The van der Waals surface area contributed by atoms with Crippen LogP contribution in [-0.2, 0) is 0 Å². The van der Waals surface area contributed by atoms with E-state index in [-0.39, 0.29) is 0 Å². The second-order valence-electron chi connectivity index (χ2n) is 14.8. The first-order chi connectivity index (χ1) is 26.5. The molecular weight excluding hydrogens is 675 g/mol. The fourth-order valence-electron chi connectivity index (χ4n) is 8.57. The third-order valence-electron chi connectivity index (χ3n) is 11.3. The van der Waals surface area contributed by atoms with Crippen LogP contribution in [0, 0.1) is 0 Å². The molecule has 0 amide bonds. The number of nitrogens with zero attached hydrogens (tertiary/aromatic N) is 3. The van der Waals surface area contributed by atoms with Crippen molar-refractivity contribution in [3.63, 3.8) is 0 Å². The normalized spacial score (nSPS) is 13.1. The van der Waals surface area contributed by atoms with Gasteiger partial charge in [0.1, 0.15) is 19.2 Å². The van der Waals surface area contributed by atoms with Gasteiger partial charge in [0.15, 0.2) is 17.5 Å². The van der Waals surface area contributed by atoms with Gasteiger partial charge in [-0.05, 0) is 66.8 Å². The van der Waals surface area contributed by atoms with Gasteiger partial charge in [-0.2, -0.15) is 0 Å². The minimum absolute atomic E-state index is 0.634. The molecule has 5 heteroatoms. The Morgan fingerprint density at radius 1 is 0.426 bits per heavy atom. The van der Waals surface area contributed by atoms with Crippen molar-refractivity contribution >= 4 is 61.9 Å². The van der Waals surface area contributed by atoms with Crippen LogP contribution in [0.25, 0.3) is 99.9 Å². The van der Waals surface area contributed by atoms with E-state index < -0.39 is 8.07 Å². The Labute approximate surface area is 313 Å². The lowest BCUT2D eigenvalue weighted by atomic mass is 9.98. The van der Waals surface area contributed by atoms with Gasteiger partial charge in [0.05, 0.1) is 0 Å². The average Bonchev–Trinajstić information content (AvgIpc) is 3.72. The Morgan fingerprint density at radius 3 is 1.89 bits per heavy atom. The number of fused-ring (bicyclic) bond motifs is 9. The van der Waals surface area contributed by atoms with E-state index in [1.165, 1.54) is 37.8 Å². The van der Waals surface area contributed by atoms with E-state index in [1.807, 2.05) is 6.07 Å². The molecule has 10 aromatic rings. The highest BCUT2D eigenvalue weighted by Gasteiger charge is 2.40. The monoisotopic (exact) mass is 707 g/mol. The SMILES string of the molecule is C[Si]1(C)c2ccccc2-c2c1cc(-c1nc(-c3ccc(-c4ccc5ccccc5c4)cc3)nc(-c3cccc4ccccc34)n1)c1c2oc2ccccc21. The molecular formula is C49H33N3OSi. The summed E-state index contributed by atoms with van der Waals surface area (Å²) in [5.41, 5.74) is 9.45. The molecule has 0 unspecified atom stereocenters. The lowest BCUT2D eigenvalue weighted by Gasteiger charge is -2.19. The predicted molar refractivity (Wildman–Crippen MR) is 226 cm³/mol. The first-order valence-electron chi connectivity index (χ1n) is 18.4. The summed E-state index contributed by atoms with van der Waals surface area (Å²) in [6, 6.07) is 58.1. The fraction of sp³-hybridized carbons (Fsp3) is 0.0408. The van der Waals surface area contributed by atoms with E-state index in [9.17, 15) is 0 Å². The molecule has 8 aromatic carbocycles. The summed E-state index contributed by atoms with van der Waals surface area (Å²) in [6.07, 6.45) is 0. The number of furan rings is 1. The topological polar surface area (TPSA) is 51.8 Å². The second kappa shape index (κ2) is 11.7. The Balaban J connectivity index is 1.16. The third-order valence-corrected chi connectivity index (χ3v) is 14.8. The molecule has 1 aliphatic rings. The summed E-state index contributed by atoms with van der Waals surface area (Å²) in [4.78, 5) is 15.9. The maximum absolute atomic E-state index is 6.83. The van der Waals surface area contributed by atoms with E-state index in [4.69, 9.17) is 19.4 Å². The zero-order valence-corrected chi connectivity index (χ0v) is 30.8. The first-order valence-corrected chi connectivity index (χ1v) is 21.4. The van der Waals surface area contributed by atoms with Crippen molar-refractivity contribution in [1.29, 1.82) is 0 Å². The quantitative estimate of drug-likeness (QED) is 0.171. The Morgan fingerprint density at radius 2 is 1.04 bits per heavy atom. The van der Waals surface area contributed by atoms with Gasteiger partial charge >= 0.3 is 0 Å². The smallest absolute Gasteiger partial charge is 0.164 e. The molecule has 0 N–H and O–H groups in total. The summed E-state index contributed by atoms with van der Waals surface area (Å²) in [7, 11) is -2.09. The number of benzene rings is 8. The van der Waals surface area contributed by atoms with Crippen LogP contribution in [-0.4, -0.2) is 23.0 Å². The zero-order chi connectivity index (χ0) is 36.0. The number of hydrogen-bond acceptors (Lipinski definition) is 4. The van der Waals surface area contributed by atoms with Crippen LogP contribution < -0.4 is 10.4 Å². The lowest BCUT2D eigenvalue weighted by molar-refractivity contribution is 0.670. The van der Waals surface area contributed by atoms with Gasteiger partial charge in [-0.15, -0.1) is 0 Å². The molecule has 11 rings (SSSR count). The van der Waals surface area contributed by atoms with Crippen molar-refractivity contribution in [3.8, 4) is 56.4 Å². The number of aromatic nitrogens is 3. The van der Waals surface area contributed by atoms with E-state index in [2.05, 4.69) is 171 Å². The van der Waals surface area contributed by atoms with Gasteiger partial charge in [-0.3, -0.25) is 0 Å². The summed E-state index contributed by atoms with van der Waals surface area (Å²) < 4.78 is 6.83. The number of rotatable bonds is 4. The van der Waals surface area contributed by atoms with E-state index in [0.29, 0.717) is 17.5 Å². The summed E-state index contributed by atoms with van der Waals surface area (Å²) in [5, 5.41) is 9.58. The van der Waals surface area contributed by atoms with Crippen molar-refractivity contribution in [2.24, 2.45) is 0 Å². The Kier molecular flexibility index (Phi) is 6.67. The van der Waals surface area contributed by atoms with Crippen molar-refractivity contribution < 1.29 is 4.42 Å². The van der Waals surface area contributed by atoms with Crippen LogP contribution in [0.2, 0.25) is 13.1 Å². The summed E-state index contributed by atoms with van der Waals surface area (Å²) in [5.74, 6) is 1.92. The highest BCUT2D eigenvalue weighted by Crippen LogP contribution is 2.44. The predicted octanol–water partition coefficient (Wildman–Crippen LogP) is 11.5. The van der Waals surface area contributed by atoms with Gasteiger partial charge in [0.25, 0.3) is 0 Å². The molecule has 0 atom stereocenters. The van der Waals surface area contributed by atoms with Gasteiger partial charge in [0.2, 0.25) is 0 Å². The molecule has 0 aliphatic carbocycles. The van der Waals surface area contributed by atoms with Crippen LogP contribution in [0.4, 0.5) is 0 Å². The molecule has 0 spiro atoms. The highest BCUT2D eigenvalue weighted by atomic mass is 28.3. The summed E-state index contributed by atoms with van der Waals surface area (Å²) in [6.45, 7) is 4.88. The van der Waals surface area contributed by atoms with Crippen LogP contribution in [0.3, 0.4) is 0 Å². The third kappa shape index (κ3) is 4.65. The molecule has 0 saturated carbocycles. The molecule has 254 valence electrons. The van der Waals surface area contributed by atoms with Crippen LogP contribution in [0.5, 0.6) is 0 Å². The van der Waals surface area contributed by atoms with Gasteiger partial charge in [-0.25, -0.2) is 15.0 Å². The summed E-state index contributed by atoms with van der Waals surface area (Å²) >= 11 is 0. The largest absolute Gasteiger partial charge is 0.455 e. The average molecular weight is 708 g/mol. The van der Waals surface area contributed by atoms with Crippen LogP contribution in [0.1, 0.15) is 0 Å². The van der Waals surface area contributed by atoms with Gasteiger partial charge in [-0.1, -0.05) is 159 Å². The molecule has 3 heterocycles. The van der Waals surface area contributed by atoms with Gasteiger partial charge < -0.3 is 4.42 Å². The molecule has 0 bridgehead atoms. The van der Waals surface area contributed by atoms with Crippen LogP contribution in [0.15, 0.2) is 168 Å². The maximum atomic E-state index is 6.83. The molecule has 54 heavy (non-hydrogen) atoms. The van der Waals surface area contributed by atoms with E-state index in [1.54, 1.807) is 0 Å². The molecule has 0 fully saturated rings. The molecule has 1 aliphatic heterocycles. The van der Waals surface area contributed by atoms with E-state index in [0.717, 1.165) is 55.0 Å². The van der Waals surface area contributed by atoms with Crippen molar-refractivity contribution in [2.75, 3.05) is 0 Å². The maximum Gasteiger partial charge on any atom is 0.164 e. The van der Waals surface area contributed by atoms with Gasteiger partial charge in [0, 0.05) is 33.0 Å². The Bertz CT molecular complexity index is 3140. The lowest BCUT2D eigenvalue weighted by Crippen LogP contribution is -2.49. The standard InChI is InChI=1S/C49H33N3OSi/c1-54(2)42-21-10-8-18-39(42)45-43(54)29-40(44-38-17-7-9-20-41(38)53-46(44)45)49-51-47(50-48(52-49)37-19-11-15-32-13-5-6-16-36(32)37)33-25-22-31(23-26-33)35-27-24-30-12-3-4-14-34(30)28-35/h3-29H,1-2H3. The fourth-order valence-corrected chi connectivity index (χ4v) is 11.6. The van der Waals surface area contributed by atoms with Crippen molar-refractivity contribution in [2.45, 2.75) is 13.1 Å². The minimum Gasteiger partial charge on any atom is -0.455 e. The zero-order valence-electron chi connectivity index (χ0n) is 29.8.